The quantitative estimate of drug-likeness (QED) is 0.668. The Balaban J connectivity index is 4.51. The van der Waals surface area contributed by atoms with Crippen LogP contribution < -0.4 is 5.32 Å². The average Bonchev–Trinajstić information content (AvgIpc) is 2.42. The third-order valence-electron chi connectivity index (χ3n) is 4.59. The van der Waals surface area contributed by atoms with Crippen LogP contribution in [0.2, 0.25) is 0 Å². The first-order valence-electron chi connectivity index (χ1n) is 9.25. The second-order valence-corrected chi connectivity index (χ2v) is 8.16. The van der Waals surface area contributed by atoms with E-state index < -0.39 is 0 Å². The molecule has 2 unspecified atom stereocenters. The molecule has 0 rings (SSSR count). The molecule has 0 aliphatic carbocycles. The predicted molar refractivity (Wildman–Crippen MR) is 101 cm³/mol. The maximum atomic E-state index is 12.1. The number of rotatable bonds is 10. The standard InChI is InChI=1S/C19H41N3O/c1-10-21(18(23)13-20-9)17(5)12-11-16(4)14-22(15(2)3)19(6,7)8/h15-17,20H,10-14H2,1-9H3. The molecule has 0 aliphatic rings. The maximum Gasteiger partial charge on any atom is 0.236 e. The van der Waals surface area contributed by atoms with Gasteiger partial charge in [-0.25, -0.2) is 0 Å². The van der Waals surface area contributed by atoms with Crippen molar-refractivity contribution in [1.29, 1.82) is 0 Å². The van der Waals surface area contributed by atoms with E-state index in [1.54, 1.807) is 0 Å². The first-order chi connectivity index (χ1) is 10.5. The van der Waals surface area contributed by atoms with Crippen LogP contribution in [-0.2, 0) is 4.79 Å². The van der Waals surface area contributed by atoms with Crippen LogP contribution in [-0.4, -0.2) is 60.0 Å². The molecule has 0 bridgehead atoms. The second-order valence-electron chi connectivity index (χ2n) is 8.16. The summed E-state index contributed by atoms with van der Waals surface area (Å²) in [4.78, 5) is 16.7. The van der Waals surface area contributed by atoms with E-state index in [4.69, 9.17) is 0 Å². The van der Waals surface area contributed by atoms with Gasteiger partial charge in [0.25, 0.3) is 0 Å². The summed E-state index contributed by atoms with van der Waals surface area (Å²) in [5.74, 6) is 0.839. The van der Waals surface area contributed by atoms with Gasteiger partial charge in [0, 0.05) is 30.7 Å². The average molecular weight is 328 g/mol. The minimum atomic E-state index is 0.201. The zero-order chi connectivity index (χ0) is 18.2. The van der Waals surface area contributed by atoms with Crippen LogP contribution in [0.25, 0.3) is 0 Å². The van der Waals surface area contributed by atoms with Gasteiger partial charge in [0.05, 0.1) is 6.54 Å². The van der Waals surface area contributed by atoms with E-state index in [1.807, 2.05) is 11.9 Å². The van der Waals surface area contributed by atoms with E-state index in [2.05, 4.69) is 65.6 Å². The first kappa shape index (κ1) is 22.4. The Labute approximate surface area is 145 Å². The molecular formula is C19H41N3O. The van der Waals surface area contributed by atoms with Crippen molar-refractivity contribution in [2.45, 2.75) is 85.9 Å². The molecule has 0 radical (unpaired) electrons. The third kappa shape index (κ3) is 8.16. The predicted octanol–water partition coefficient (Wildman–Crippen LogP) is 3.37. The zero-order valence-electron chi connectivity index (χ0n) is 17.1. The van der Waals surface area contributed by atoms with E-state index in [0.29, 0.717) is 24.5 Å². The molecule has 0 saturated heterocycles. The lowest BCUT2D eigenvalue weighted by atomic mass is 9.96. The molecule has 4 nitrogen and oxygen atoms in total. The summed E-state index contributed by atoms with van der Waals surface area (Å²) in [7, 11) is 1.82. The SMILES string of the molecule is CCN(C(=O)CNC)C(C)CCC(C)CN(C(C)C)C(C)(C)C. The van der Waals surface area contributed by atoms with Crippen molar-refractivity contribution in [3.8, 4) is 0 Å². The number of carbonyl (C=O) groups is 1. The number of nitrogens with zero attached hydrogens (tertiary/aromatic N) is 2. The van der Waals surface area contributed by atoms with Gasteiger partial charge in [-0.3, -0.25) is 9.69 Å². The Kier molecular flexibility index (Phi) is 10.0. The summed E-state index contributed by atoms with van der Waals surface area (Å²) in [6.07, 6.45) is 2.23. The lowest BCUT2D eigenvalue weighted by Gasteiger charge is -2.41. The van der Waals surface area contributed by atoms with Crippen molar-refractivity contribution in [2.75, 3.05) is 26.7 Å². The number of carbonyl (C=O) groups excluding carboxylic acids is 1. The Morgan fingerprint density at radius 3 is 2.04 bits per heavy atom. The summed E-state index contributed by atoms with van der Waals surface area (Å²) < 4.78 is 0. The normalized spacial score (nSPS) is 15.1. The van der Waals surface area contributed by atoms with Crippen LogP contribution in [0.3, 0.4) is 0 Å². The highest BCUT2D eigenvalue weighted by atomic mass is 16.2. The third-order valence-corrected chi connectivity index (χ3v) is 4.59. The van der Waals surface area contributed by atoms with Crippen molar-refractivity contribution in [3.05, 3.63) is 0 Å². The number of nitrogens with one attached hydrogen (secondary N) is 1. The number of hydrogen-bond donors (Lipinski definition) is 1. The fourth-order valence-electron chi connectivity index (χ4n) is 3.35. The van der Waals surface area contributed by atoms with Gasteiger partial charge in [-0.05, 0) is 74.3 Å². The van der Waals surface area contributed by atoms with Gasteiger partial charge in [0.2, 0.25) is 5.91 Å². The molecule has 1 N–H and O–H groups in total. The summed E-state index contributed by atoms with van der Waals surface area (Å²) in [6.45, 7) is 20.3. The van der Waals surface area contributed by atoms with Crippen molar-refractivity contribution < 1.29 is 4.79 Å². The van der Waals surface area contributed by atoms with E-state index in [9.17, 15) is 4.79 Å². The highest BCUT2D eigenvalue weighted by Crippen LogP contribution is 2.21. The van der Waals surface area contributed by atoms with Gasteiger partial charge in [0.15, 0.2) is 0 Å². The van der Waals surface area contributed by atoms with Crippen LogP contribution in [0, 0.1) is 5.92 Å². The molecule has 0 heterocycles. The molecular weight excluding hydrogens is 286 g/mol. The van der Waals surface area contributed by atoms with E-state index in [0.717, 1.165) is 25.9 Å². The van der Waals surface area contributed by atoms with Crippen LogP contribution in [0.4, 0.5) is 0 Å². The molecule has 0 aromatic heterocycles. The van der Waals surface area contributed by atoms with Crippen LogP contribution in [0.5, 0.6) is 0 Å². The number of amides is 1. The summed E-state index contributed by atoms with van der Waals surface area (Å²) >= 11 is 0. The largest absolute Gasteiger partial charge is 0.339 e. The van der Waals surface area contributed by atoms with Gasteiger partial charge >= 0.3 is 0 Å². The molecule has 0 aromatic carbocycles. The maximum absolute atomic E-state index is 12.1. The van der Waals surface area contributed by atoms with Gasteiger partial charge in [-0.2, -0.15) is 0 Å². The van der Waals surface area contributed by atoms with Gasteiger partial charge in [0.1, 0.15) is 0 Å². The topological polar surface area (TPSA) is 35.6 Å². The van der Waals surface area contributed by atoms with Crippen molar-refractivity contribution in [1.82, 2.24) is 15.1 Å². The Hall–Kier alpha value is -0.610. The van der Waals surface area contributed by atoms with Gasteiger partial charge in [-0.15, -0.1) is 0 Å². The fourth-order valence-corrected chi connectivity index (χ4v) is 3.35. The van der Waals surface area contributed by atoms with E-state index in [1.165, 1.54) is 0 Å². The van der Waals surface area contributed by atoms with Crippen LogP contribution in [0.15, 0.2) is 0 Å². The Bertz CT molecular complexity index is 336. The molecule has 0 spiro atoms. The van der Waals surface area contributed by atoms with Crippen molar-refractivity contribution in [2.24, 2.45) is 5.92 Å². The van der Waals surface area contributed by atoms with Crippen LogP contribution in [0.1, 0.15) is 68.2 Å². The molecule has 23 heavy (non-hydrogen) atoms. The Morgan fingerprint density at radius 2 is 1.65 bits per heavy atom. The lowest BCUT2D eigenvalue weighted by molar-refractivity contribution is -0.132. The minimum absolute atomic E-state index is 0.201. The van der Waals surface area contributed by atoms with Gasteiger partial charge < -0.3 is 10.2 Å². The molecule has 138 valence electrons. The summed E-state index contributed by atoms with van der Waals surface area (Å²) in [5, 5.41) is 2.96. The molecule has 0 fully saturated rings. The number of hydrogen-bond acceptors (Lipinski definition) is 3. The van der Waals surface area contributed by atoms with Crippen LogP contribution >= 0.6 is 0 Å². The Morgan fingerprint density at radius 1 is 1.09 bits per heavy atom. The molecule has 0 aliphatic heterocycles. The lowest BCUT2D eigenvalue weighted by Crippen LogP contribution is -2.48. The molecule has 4 heteroatoms. The summed E-state index contributed by atoms with van der Waals surface area (Å²) in [5.41, 5.74) is 0.201. The molecule has 2 atom stereocenters. The summed E-state index contributed by atoms with van der Waals surface area (Å²) in [6, 6.07) is 0.865. The highest BCUT2D eigenvalue weighted by Gasteiger charge is 2.26. The highest BCUT2D eigenvalue weighted by molar-refractivity contribution is 5.78. The van der Waals surface area contributed by atoms with Gasteiger partial charge in [-0.1, -0.05) is 6.92 Å². The smallest absolute Gasteiger partial charge is 0.236 e. The number of likely N-dealkylation sites (N-methyl/N-ethyl adjacent to an activating group) is 2. The minimum Gasteiger partial charge on any atom is -0.339 e. The molecule has 1 amide bonds. The molecule has 0 aromatic rings. The zero-order valence-corrected chi connectivity index (χ0v) is 17.1. The van der Waals surface area contributed by atoms with E-state index in [-0.39, 0.29) is 11.4 Å². The van der Waals surface area contributed by atoms with Crippen molar-refractivity contribution in [3.63, 3.8) is 0 Å². The first-order valence-corrected chi connectivity index (χ1v) is 9.25. The second kappa shape index (κ2) is 10.3. The monoisotopic (exact) mass is 327 g/mol. The fraction of sp³-hybridized carbons (Fsp3) is 0.947. The van der Waals surface area contributed by atoms with Crippen molar-refractivity contribution >= 4 is 5.91 Å². The molecule has 0 saturated carbocycles. The van der Waals surface area contributed by atoms with E-state index >= 15 is 0 Å².